The molecule has 0 N–H and O–H groups in total. The molecule has 2 rings (SSSR count). The van der Waals surface area contributed by atoms with Crippen LogP contribution in [0.2, 0.25) is 0 Å². The average Bonchev–Trinajstić information content (AvgIpc) is 2.25. The summed E-state index contributed by atoms with van der Waals surface area (Å²) in [5, 5.41) is 0. The van der Waals surface area contributed by atoms with E-state index in [-0.39, 0.29) is 0 Å². The van der Waals surface area contributed by atoms with E-state index in [2.05, 4.69) is 13.8 Å². The largest absolute Gasteiger partial charge is 0.0704 e. The van der Waals surface area contributed by atoms with Crippen molar-refractivity contribution >= 4 is 0 Å². The Morgan fingerprint density at radius 1 is 0.818 bits per heavy atom. The molecule has 0 nitrogen and oxygen atoms in total. The van der Waals surface area contributed by atoms with Gasteiger partial charge in [-0.1, -0.05) is 30.4 Å². The third kappa shape index (κ3) is 1.04. The predicted octanol–water partition coefficient (Wildman–Crippen LogP) is 3.53. The first-order valence-corrected chi connectivity index (χ1v) is 4.98. The zero-order chi connectivity index (χ0) is 7.84. The Bertz CT molecular complexity index is 168. The van der Waals surface area contributed by atoms with Gasteiger partial charge in [0.2, 0.25) is 0 Å². The van der Waals surface area contributed by atoms with Gasteiger partial charge in [0.05, 0.1) is 0 Å². The van der Waals surface area contributed by atoms with Gasteiger partial charge in [0.25, 0.3) is 0 Å². The van der Waals surface area contributed by atoms with Gasteiger partial charge >= 0.3 is 0 Å². The SMILES string of the molecule is CC1=C(C)C2CCCCCC12. The van der Waals surface area contributed by atoms with Crippen molar-refractivity contribution in [3.63, 3.8) is 0 Å². The molecule has 0 aromatic heterocycles. The van der Waals surface area contributed by atoms with E-state index in [0.29, 0.717) is 0 Å². The van der Waals surface area contributed by atoms with Crippen molar-refractivity contribution in [2.45, 2.75) is 46.0 Å². The Labute approximate surface area is 69.7 Å². The Kier molecular flexibility index (Phi) is 1.78. The zero-order valence-corrected chi connectivity index (χ0v) is 7.69. The van der Waals surface area contributed by atoms with E-state index in [1.165, 1.54) is 32.1 Å². The minimum atomic E-state index is 0.998. The molecule has 0 radical (unpaired) electrons. The molecular formula is C11H18. The molecule has 0 aliphatic heterocycles. The smallest absolute Gasteiger partial charge is 0.0138 e. The van der Waals surface area contributed by atoms with E-state index in [4.69, 9.17) is 0 Å². The summed E-state index contributed by atoms with van der Waals surface area (Å²) in [4.78, 5) is 0. The van der Waals surface area contributed by atoms with Gasteiger partial charge in [0.1, 0.15) is 0 Å². The highest BCUT2D eigenvalue weighted by atomic mass is 14.4. The highest BCUT2D eigenvalue weighted by Gasteiger charge is 2.35. The molecule has 0 heteroatoms. The fourth-order valence-electron chi connectivity index (χ4n) is 2.83. The second-order valence-electron chi connectivity index (χ2n) is 4.22. The number of fused-ring (bicyclic) bond motifs is 1. The Morgan fingerprint density at radius 2 is 1.27 bits per heavy atom. The standard InChI is InChI=1S/C11H18/c1-8-9(2)11-7-5-3-4-6-10(8)11/h10-11H,3-7H2,1-2H3. The van der Waals surface area contributed by atoms with E-state index in [1.54, 1.807) is 11.1 Å². The van der Waals surface area contributed by atoms with Gasteiger partial charge in [-0.15, -0.1) is 0 Å². The van der Waals surface area contributed by atoms with Crippen LogP contribution in [0.4, 0.5) is 0 Å². The van der Waals surface area contributed by atoms with Crippen molar-refractivity contribution in [1.82, 2.24) is 0 Å². The topological polar surface area (TPSA) is 0 Å². The normalized spacial score (nSPS) is 37.6. The van der Waals surface area contributed by atoms with Crippen LogP contribution in [-0.2, 0) is 0 Å². The molecule has 0 amide bonds. The monoisotopic (exact) mass is 150 g/mol. The molecule has 0 aromatic carbocycles. The molecule has 0 spiro atoms. The fraction of sp³-hybridized carbons (Fsp3) is 0.818. The van der Waals surface area contributed by atoms with Crippen molar-refractivity contribution < 1.29 is 0 Å². The summed E-state index contributed by atoms with van der Waals surface area (Å²) < 4.78 is 0. The van der Waals surface area contributed by atoms with Crippen molar-refractivity contribution in [1.29, 1.82) is 0 Å². The Morgan fingerprint density at radius 3 is 1.73 bits per heavy atom. The van der Waals surface area contributed by atoms with Crippen LogP contribution in [-0.4, -0.2) is 0 Å². The van der Waals surface area contributed by atoms with Gasteiger partial charge in [-0.2, -0.15) is 0 Å². The third-order valence-corrected chi connectivity index (χ3v) is 3.75. The Balaban J connectivity index is 2.12. The molecular weight excluding hydrogens is 132 g/mol. The van der Waals surface area contributed by atoms with Crippen LogP contribution in [0.3, 0.4) is 0 Å². The molecule has 0 saturated heterocycles. The number of hydrogen-bond donors (Lipinski definition) is 0. The van der Waals surface area contributed by atoms with Crippen molar-refractivity contribution in [3.8, 4) is 0 Å². The Hall–Kier alpha value is -0.260. The lowest BCUT2D eigenvalue weighted by Crippen LogP contribution is -2.27. The maximum Gasteiger partial charge on any atom is -0.0138 e. The van der Waals surface area contributed by atoms with E-state index in [9.17, 15) is 0 Å². The average molecular weight is 150 g/mol. The summed E-state index contributed by atoms with van der Waals surface area (Å²) >= 11 is 0. The van der Waals surface area contributed by atoms with Gasteiger partial charge in [-0.3, -0.25) is 0 Å². The van der Waals surface area contributed by atoms with Gasteiger partial charge in [-0.25, -0.2) is 0 Å². The summed E-state index contributed by atoms with van der Waals surface area (Å²) in [6.45, 7) is 4.67. The van der Waals surface area contributed by atoms with E-state index >= 15 is 0 Å². The molecule has 0 heterocycles. The van der Waals surface area contributed by atoms with Gasteiger partial charge in [0.15, 0.2) is 0 Å². The van der Waals surface area contributed by atoms with E-state index in [0.717, 1.165) is 11.8 Å². The summed E-state index contributed by atoms with van der Waals surface area (Å²) in [5.41, 5.74) is 3.44. The lowest BCUT2D eigenvalue weighted by Gasteiger charge is -2.38. The second kappa shape index (κ2) is 2.66. The molecule has 2 atom stereocenters. The first kappa shape index (κ1) is 7.39. The number of allylic oxidation sites excluding steroid dienone is 2. The maximum absolute atomic E-state index is 2.34. The van der Waals surface area contributed by atoms with Crippen LogP contribution in [0.15, 0.2) is 11.1 Å². The van der Waals surface area contributed by atoms with Crippen molar-refractivity contribution in [3.05, 3.63) is 11.1 Å². The highest BCUT2D eigenvalue weighted by Crippen LogP contribution is 2.47. The first-order valence-electron chi connectivity index (χ1n) is 4.98. The van der Waals surface area contributed by atoms with Crippen LogP contribution < -0.4 is 0 Å². The zero-order valence-electron chi connectivity index (χ0n) is 7.69. The molecule has 2 aliphatic rings. The van der Waals surface area contributed by atoms with E-state index in [1.807, 2.05) is 0 Å². The summed E-state index contributed by atoms with van der Waals surface area (Å²) in [5.74, 6) is 2.00. The predicted molar refractivity (Wildman–Crippen MR) is 48.4 cm³/mol. The van der Waals surface area contributed by atoms with Crippen LogP contribution in [0.1, 0.15) is 46.0 Å². The van der Waals surface area contributed by atoms with Crippen LogP contribution in [0.5, 0.6) is 0 Å². The first-order chi connectivity index (χ1) is 5.30. The second-order valence-corrected chi connectivity index (χ2v) is 4.22. The minimum absolute atomic E-state index is 0.998. The molecule has 11 heavy (non-hydrogen) atoms. The molecule has 1 saturated carbocycles. The van der Waals surface area contributed by atoms with E-state index < -0.39 is 0 Å². The van der Waals surface area contributed by atoms with Gasteiger partial charge < -0.3 is 0 Å². The van der Waals surface area contributed by atoms with Crippen molar-refractivity contribution in [2.24, 2.45) is 11.8 Å². The quantitative estimate of drug-likeness (QED) is 0.463. The number of hydrogen-bond acceptors (Lipinski definition) is 0. The summed E-state index contributed by atoms with van der Waals surface area (Å²) in [6.07, 6.45) is 7.40. The van der Waals surface area contributed by atoms with Gasteiger partial charge in [-0.05, 0) is 38.5 Å². The van der Waals surface area contributed by atoms with Gasteiger partial charge in [0, 0.05) is 0 Å². The molecule has 1 fully saturated rings. The minimum Gasteiger partial charge on any atom is -0.0704 e. The molecule has 0 bridgehead atoms. The summed E-state index contributed by atoms with van der Waals surface area (Å²) in [7, 11) is 0. The van der Waals surface area contributed by atoms with Crippen molar-refractivity contribution in [2.75, 3.05) is 0 Å². The highest BCUT2D eigenvalue weighted by molar-refractivity contribution is 5.29. The fourth-order valence-corrected chi connectivity index (χ4v) is 2.83. The van der Waals surface area contributed by atoms with Crippen LogP contribution in [0, 0.1) is 11.8 Å². The molecule has 2 unspecified atom stereocenters. The number of rotatable bonds is 0. The summed E-state index contributed by atoms with van der Waals surface area (Å²) in [6, 6.07) is 0. The maximum atomic E-state index is 2.34. The molecule has 2 aliphatic carbocycles. The third-order valence-electron chi connectivity index (χ3n) is 3.75. The van der Waals surface area contributed by atoms with Crippen LogP contribution in [0.25, 0.3) is 0 Å². The molecule has 62 valence electrons. The molecule has 0 aromatic rings. The lowest BCUT2D eigenvalue weighted by molar-refractivity contribution is 0.345. The van der Waals surface area contributed by atoms with Crippen LogP contribution >= 0.6 is 0 Å². The lowest BCUT2D eigenvalue weighted by atomic mass is 9.67.